The minimum absolute atomic E-state index is 0.0413. The number of halogens is 1. The summed E-state index contributed by atoms with van der Waals surface area (Å²) in [7, 11) is 5.07. The maximum absolute atomic E-state index is 13.3. The molecule has 0 aliphatic carbocycles. The summed E-state index contributed by atoms with van der Waals surface area (Å²) in [6, 6.07) is 6.34. The number of amides is 1. The van der Waals surface area contributed by atoms with Gasteiger partial charge in [-0.15, -0.1) is 0 Å². The maximum atomic E-state index is 13.3. The van der Waals surface area contributed by atoms with Gasteiger partial charge in [0.05, 0.1) is 33.2 Å². The zero-order valence-corrected chi connectivity index (χ0v) is 19.9. The van der Waals surface area contributed by atoms with Gasteiger partial charge in [0, 0.05) is 12.5 Å². The first-order valence-corrected chi connectivity index (χ1v) is 11.2. The normalized spacial score (nSPS) is 18.1. The molecule has 0 saturated carbocycles. The molecule has 1 N–H and O–H groups in total. The average molecular weight is 448 g/mol. The molecule has 1 aliphatic heterocycles. The number of carbonyl (C=O) groups excluding carboxylic acids is 2. The second kappa shape index (κ2) is 11.5. The number of aliphatic hydroxyl groups is 1. The third-order valence-corrected chi connectivity index (χ3v) is 6.14. The lowest BCUT2D eigenvalue weighted by Crippen LogP contribution is -2.46. The van der Waals surface area contributed by atoms with Gasteiger partial charge in [0.25, 0.3) is 0 Å². The van der Waals surface area contributed by atoms with Crippen LogP contribution in [0.1, 0.15) is 51.5 Å². The van der Waals surface area contributed by atoms with E-state index < -0.39 is 0 Å². The van der Waals surface area contributed by atoms with Crippen molar-refractivity contribution in [2.75, 3.05) is 27.8 Å². The van der Waals surface area contributed by atoms with E-state index in [0.717, 1.165) is 12.0 Å². The third-order valence-electron chi connectivity index (χ3n) is 6.14. The Hall–Kier alpha value is -2.38. The Bertz CT molecular complexity index is 874. The fraction of sp³-hybridized carbons (Fsp3) is 0.560. The van der Waals surface area contributed by atoms with E-state index in [1.54, 1.807) is 33.3 Å². The van der Waals surface area contributed by atoms with Gasteiger partial charge in [-0.25, -0.2) is 13.7 Å². The summed E-state index contributed by atoms with van der Waals surface area (Å²) in [5, 5.41) is 9.06. The van der Waals surface area contributed by atoms with Gasteiger partial charge in [0.2, 0.25) is 5.82 Å². The molecule has 0 bridgehead atoms. The van der Waals surface area contributed by atoms with Crippen molar-refractivity contribution in [1.29, 1.82) is 0 Å². The number of quaternary nitrogens is 1. The molecule has 2 rings (SSSR count). The van der Waals surface area contributed by atoms with Crippen LogP contribution in [0.15, 0.2) is 40.7 Å². The number of ether oxygens (including phenoxy) is 1. The molecule has 0 fully saturated rings. The minimum atomic E-state index is -0.288. The van der Waals surface area contributed by atoms with Crippen LogP contribution in [-0.4, -0.2) is 55.0 Å². The number of aliphatic hydroxyl groups excluding tert-OH is 1. The Labute approximate surface area is 190 Å². The zero-order chi connectivity index (χ0) is 23.9. The minimum Gasteiger partial charge on any atom is -0.484 e. The Kier molecular flexibility index (Phi) is 9.28. The standard InChI is InChI=1S/C25H36FN2O4/c1-17(7-6-14-29)15-23(31)28(3,4)24-22(18(2)30)13-10-20(25(27-24)32-5)16-19-8-11-21(26)12-9-19/h8-9,11-12,17,20,29H,6-7,10,13-16H2,1-5H3/q+1. The van der Waals surface area contributed by atoms with Crippen LogP contribution in [0.4, 0.5) is 4.39 Å². The fourth-order valence-electron chi connectivity index (χ4n) is 4.11. The predicted molar refractivity (Wildman–Crippen MR) is 122 cm³/mol. The zero-order valence-electron chi connectivity index (χ0n) is 19.9. The number of benzene rings is 1. The van der Waals surface area contributed by atoms with Crippen molar-refractivity contribution in [2.45, 2.75) is 52.4 Å². The Morgan fingerprint density at radius 1 is 1.28 bits per heavy atom. The van der Waals surface area contributed by atoms with Gasteiger partial charge in [-0.1, -0.05) is 19.1 Å². The third kappa shape index (κ3) is 6.56. The summed E-state index contributed by atoms with van der Waals surface area (Å²) in [6.45, 7) is 3.60. The van der Waals surface area contributed by atoms with Gasteiger partial charge >= 0.3 is 5.91 Å². The summed E-state index contributed by atoms with van der Waals surface area (Å²) in [5.41, 5.74) is 1.50. The van der Waals surface area contributed by atoms with Gasteiger partial charge in [0.1, 0.15) is 5.82 Å². The molecule has 1 aliphatic rings. The number of rotatable bonds is 9. The summed E-state index contributed by atoms with van der Waals surface area (Å²) in [5.74, 6) is 0.508. The quantitative estimate of drug-likeness (QED) is 0.580. The molecule has 0 radical (unpaired) electrons. The van der Waals surface area contributed by atoms with Crippen LogP contribution >= 0.6 is 0 Å². The number of hydrogen-bond donors (Lipinski definition) is 1. The molecule has 1 amide bonds. The number of carbonyl (C=O) groups is 2. The van der Waals surface area contributed by atoms with Crippen LogP contribution in [0.25, 0.3) is 0 Å². The first kappa shape index (κ1) is 25.9. The first-order chi connectivity index (χ1) is 15.1. The lowest BCUT2D eigenvalue weighted by molar-refractivity contribution is -0.775. The van der Waals surface area contributed by atoms with Gasteiger partial charge in [-0.3, -0.25) is 4.79 Å². The van der Waals surface area contributed by atoms with Crippen LogP contribution < -0.4 is 0 Å². The summed E-state index contributed by atoms with van der Waals surface area (Å²) < 4.78 is 18.8. The lowest BCUT2D eigenvalue weighted by Gasteiger charge is -2.28. The molecule has 0 spiro atoms. The molecule has 0 aromatic heterocycles. The van der Waals surface area contributed by atoms with E-state index in [4.69, 9.17) is 14.8 Å². The molecule has 0 saturated heterocycles. The van der Waals surface area contributed by atoms with E-state index in [0.29, 0.717) is 49.4 Å². The monoisotopic (exact) mass is 447 g/mol. The Morgan fingerprint density at radius 2 is 1.94 bits per heavy atom. The second-order valence-corrected chi connectivity index (χ2v) is 9.10. The van der Waals surface area contributed by atoms with Crippen LogP contribution in [-0.2, 0) is 20.7 Å². The highest BCUT2D eigenvalue weighted by Gasteiger charge is 2.39. The molecular formula is C25H36FN2O4+. The topological polar surface area (TPSA) is 76.0 Å². The van der Waals surface area contributed by atoms with Crippen molar-refractivity contribution < 1.29 is 28.3 Å². The maximum Gasteiger partial charge on any atom is 0.319 e. The van der Waals surface area contributed by atoms with Crippen LogP contribution in [0.5, 0.6) is 0 Å². The Balaban J connectivity index is 2.36. The van der Waals surface area contributed by atoms with Crippen molar-refractivity contribution in [2.24, 2.45) is 16.8 Å². The number of allylic oxidation sites excluding steroid dienone is 1. The van der Waals surface area contributed by atoms with Crippen LogP contribution in [0.3, 0.4) is 0 Å². The van der Waals surface area contributed by atoms with Gasteiger partial charge in [-0.05, 0) is 62.6 Å². The largest absolute Gasteiger partial charge is 0.484 e. The lowest BCUT2D eigenvalue weighted by atomic mass is 9.92. The van der Waals surface area contributed by atoms with Crippen molar-refractivity contribution in [1.82, 2.24) is 0 Å². The molecule has 32 heavy (non-hydrogen) atoms. The van der Waals surface area contributed by atoms with E-state index in [2.05, 4.69) is 0 Å². The molecule has 2 atom stereocenters. The van der Waals surface area contributed by atoms with E-state index >= 15 is 0 Å². The van der Waals surface area contributed by atoms with E-state index in [9.17, 15) is 14.0 Å². The van der Waals surface area contributed by atoms with E-state index in [1.165, 1.54) is 19.1 Å². The fourth-order valence-corrected chi connectivity index (χ4v) is 4.11. The van der Waals surface area contributed by atoms with Gasteiger partial charge in [-0.2, -0.15) is 4.99 Å². The van der Waals surface area contributed by atoms with E-state index in [-0.39, 0.29) is 40.4 Å². The predicted octanol–water partition coefficient (Wildman–Crippen LogP) is 4.03. The molecule has 1 aromatic rings. The highest BCUT2D eigenvalue weighted by molar-refractivity contribution is 5.95. The Morgan fingerprint density at radius 3 is 2.50 bits per heavy atom. The first-order valence-electron chi connectivity index (χ1n) is 11.2. The van der Waals surface area contributed by atoms with Crippen molar-refractivity contribution in [3.63, 3.8) is 0 Å². The summed E-state index contributed by atoms with van der Waals surface area (Å²) in [4.78, 5) is 30.5. The average Bonchev–Trinajstić information content (AvgIpc) is 2.93. The molecule has 176 valence electrons. The summed E-state index contributed by atoms with van der Waals surface area (Å²) in [6.07, 6.45) is 3.47. The van der Waals surface area contributed by atoms with Crippen molar-refractivity contribution in [3.8, 4) is 0 Å². The van der Waals surface area contributed by atoms with Crippen LogP contribution in [0.2, 0.25) is 0 Å². The molecule has 6 nitrogen and oxygen atoms in total. The number of aliphatic imine (C=N–C) groups is 1. The van der Waals surface area contributed by atoms with Gasteiger partial charge in [0.15, 0.2) is 11.7 Å². The highest BCUT2D eigenvalue weighted by Crippen LogP contribution is 2.31. The SMILES string of the molecule is COC1=NC([N+](C)(C)C(=O)CC(C)CCCO)=C(C(C)=O)CCC1Cc1ccc(F)cc1. The smallest absolute Gasteiger partial charge is 0.319 e. The molecule has 7 heteroatoms. The van der Waals surface area contributed by atoms with Crippen molar-refractivity contribution in [3.05, 3.63) is 47.0 Å². The molecular weight excluding hydrogens is 411 g/mol. The number of hydrogen-bond acceptors (Lipinski definition) is 5. The molecule has 2 unspecified atom stereocenters. The van der Waals surface area contributed by atoms with Crippen LogP contribution in [0, 0.1) is 17.7 Å². The van der Waals surface area contributed by atoms with Gasteiger partial charge < -0.3 is 9.84 Å². The highest BCUT2D eigenvalue weighted by atomic mass is 19.1. The van der Waals surface area contributed by atoms with Crippen molar-refractivity contribution >= 4 is 17.6 Å². The number of ketones is 1. The molecule has 1 heterocycles. The molecule has 1 aromatic carbocycles. The second-order valence-electron chi connectivity index (χ2n) is 9.10. The number of Topliss-reactive ketones (excluding diaryl/α,β-unsaturated/α-hetero) is 1. The summed E-state index contributed by atoms with van der Waals surface area (Å²) >= 11 is 0. The number of nitrogens with zero attached hydrogens (tertiary/aromatic N) is 2. The van der Waals surface area contributed by atoms with E-state index in [1.807, 2.05) is 6.92 Å². The number of methoxy groups -OCH3 is 1.